The summed E-state index contributed by atoms with van der Waals surface area (Å²) in [6.45, 7) is 5.32. The van der Waals surface area contributed by atoms with Gasteiger partial charge in [0.15, 0.2) is 29.1 Å². The fourth-order valence-electron chi connectivity index (χ4n) is 3.29. The van der Waals surface area contributed by atoms with Crippen LogP contribution in [0.4, 0.5) is 0 Å². The largest absolute Gasteiger partial charge is 0.477 e. The number of hydrogen-bond acceptors (Lipinski definition) is 7. The number of furan rings is 1. The SMILES string of the molecule is Cc1oc2c(OC(C)C(=O)NCS(=O)(=O)Oc3cccc4cccnc34)cccc2c1C. The number of ether oxygens (including phenoxy) is 1. The molecule has 8 nitrogen and oxygen atoms in total. The van der Waals surface area contributed by atoms with E-state index in [1.807, 2.05) is 19.9 Å². The van der Waals surface area contributed by atoms with Gasteiger partial charge in [-0.05, 0) is 44.5 Å². The molecule has 9 heteroatoms. The van der Waals surface area contributed by atoms with E-state index >= 15 is 0 Å². The second-order valence-electron chi connectivity index (χ2n) is 7.33. The van der Waals surface area contributed by atoms with Gasteiger partial charge in [-0.25, -0.2) is 0 Å². The highest BCUT2D eigenvalue weighted by Crippen LogP contribution is 2.32. The second kappa shape index (κ2) is 8.51. The van der Waals surface area contributed by atoms with Crippen molar-refractivity contribution in [1.82, 2.24) is 10.3 Å². The number of aryl methyl sites for hydroxylation is 2. The van der Waals surface area contributed by atoms with Crippen LogP contribution in [0.5, 0.6) is 11.5 Å². The summed E-state index contributed by atoms with van der Waals surface area (Å²) in [5.41, 5.74) is 1.95. The van der Waals surface area contributed by atoms with Crippen LogP contribution in [0.3, 0.4) is 0 Å². The molecule has 0 saturated heterocycles. The number of aromatic nitrogens is 1. The third-order valence-corrected chi connectivity index (χ3v) is 6.01. The Labute approximate surface area is 185 Å². The molecule has 1 amide bonds. The van der Waals surface area contributed by atoms with E-state index in [9.17, 15) is 13.2 Å². The van der Waals surface area contributed by atoms with Gasteiger partial charge >= 0.3 is 10.1 Å². The maximum atomic E-state index is 12.5. The van der Waals surface area contributed by atoms with E-state index in [4.69, 9.17) is 13.3 Å². The Balaban J connectivity index is 1.42. The van der Waals surface area contributed by atoms with E-state index in [0.717, 1.165) is 22.1 Å². The van der Waals surface area contributed by atoms with Crippen molar-refractivity contribution in [3.63, 3.8) is 0 Å². The molecular formula is C23H22N2O6S. The zero-order valence-corrected chi connectivity index (χ0v) is 18.6. The van der Waals surface area contributed by atoms with Crippen molar-refractivity contribution in [1.29, 1.82) is 0 Å². The van der Waals surface area contributed by atoms with E-state index in [1.165, 1.54) is 13.0 Å². The monoisotopic (exact) mass is 454 g/mol. The topological polar surface area (TPSA) is 108 Å². The van der Waals surface area contributed by atoms with Gasteiger partial charge in [0.1, 0.15) is 11.3 Å². The number of carbonyl (C=O) groups is 1. The number of pyridine rings is 1. The van der Waals surface area contributed by atoms with Crippen molar-refractivity contribution in [2.24, 2.45) is 0 Å². The first-order valence-electron chi connectivity index (χ1n) is 9.94. The van der Waals surface area contributed by atoms with Gasteiger partial charge in [0.05, 0.1) is 0 Å². The molecule has 1 unspecified atom stereocenters. The Morgan fingerprint density at radius 3 is 2.62 bits per heavy atom. The molecule has 0 spiro atoms. The van der Waals surface area contributed by atoms with Crippen LogP contribution in [0, 0.1) is 13.8 Å². The third-order valence-electron chi connectivity index (χ3n) is 5.07. The van der Waals surface area contributed by atoms with Crippen molar-refractivity contribution >= 4 is 37.9 Å². The molecule has 0 fully saturated rings. The zero-order valence-electron chi connectivity index (χ0n) is 17.8. The molecular weight excluding hydrogens is 432 g/mol. The number of benzene rings is 2. The molecule has 0 aliphatic heterocycles. The lowest BCUT2D eigenvalue weighted by Crippen LogP contribution is -2.40. The quantitative estimate of drug-likeness (QED) is 0.423. The number of fused-ring (bicyclic) bond motifs is 2. The Morgan fingerprint density at radius 1 is 1.09 bits per heavy atom. The lowest BCUT2D eigenvalue weighted by Gasteiger charge is -2.15. The van der Waals surface area contributed by atoms with E-state index < -0.39 is 28.0 Å². The molecule has 32 heavy (non-hydrogen) atoms. The molecule has 4 rings (SSSR count). The molecule has 0 aliphatic carbocycles. The first kappa shape index (κ1) is 21.6. The summed E-state index contributed by atoms with van der Waals surface area (Å²) in [6, 6.07) is 13.9. The minimum absolute atomic E-state index is 0.0943. The van der Waals surface area contributed by atoms with Crippen molar-refractivity contribution in [3.05, 3.63) is 66.1 Å². The molecule has 1 N–H and O–H groups in total. The predicted molar refractivity (Wildman–Crippen MR) is 120 cm³/mol. The maximum absolute atomic E-state index is 12.5. The number of nitrogens with one attached hydrogen (secondary N) is 1. The number of amides is 1. The molecule has 0 saturated carbocycles. The van der Waals surface area contributed by atoms with E-state index in [-0.39, 0.29) is 5.75 Å². The number of carbonyl (C=O) groups excluding carboxylic acids is 1. The molecule has 1 atom stereocenters. The maximum Gasteiger partial charge on any atom is 0.327 e. The number of rotatable bonds is 7. The van der Waals surface area contributed by atoms with Crippen molar-refractivity contribution in [3.8, 4) is 11.5 Å². The molecule has 0 bridgehead atoms. The van der Waals surface area contributed by atoms with Crippen LogP contribution in [-0.4, -0.2) is 31.3 Å². The highest BCUT2D eigenvalue weighted by molar-refractivity contribution is 7.87. The van der Waals surface area contributed by atoms with Crippen LogP contribution < -0.4 is 14.2 Å². The third kappa shape index (κ3) is 4.38. The normalized spacial score (nSPS) is 12.6. The smallest absolute Gasteiger partial charge is 0.327 e. The molecule has 166 valence electrons. The summed E-state index contributed by atoms with van der Waals surface area (Å²) >= 11 is 0. The van der Waals surface area contributed by atoms with Crippen molar-refractivity contribution < 1.29 is 26.5 Å². The van der Waals surface area contributed by atoms with Gasteiger partial charge in [0.2, 0.25) is 0 Å². The lowest BCUT2D eigenvalue weighted by atomic mass is 10.1. The predicted octanol–water partition coefficient (Wildman–Crippen LogP) is 3.85. The summed E-state index contributed by atoms with van der Waals surface area (Å²) in [7, 11) is -4.11. The van der Waals surface area contributed by atoms with Gasteiger partial charge in [0, 0.05) is 17.0 Å². The van der Waals surface area contributed by atoms with Crippen LogP contribution in [-0.2, 0) is 14.9 Å². The van der Waals surface area contributed by atoms with E-state index in [2.05, 4.69) is 10.3 Å². The fraction of sp³-hybridized carbons (Fsp3) is 0.217. The van der Waals surface area contributed by atoms with Crippen molar-refractivity contribution in [2.45, 2.75) is 26.9 Å². The summed E-state index contributed by atoms with van der Waals surface area (Å²) in [5, 5.41) is 3.98. The Kier molecular flexibility index (Phi) is 5.75. The van der Waals surface area contributed by atoms with Gasteiger partial charge in [0.25, 0.3) is 5.91 Å². The molecule has 0 radical (unpaired) electrons. The van der Waals surface area contributed by atoms with Gasteiger partial charge in [-0.2, -0.15) is 8.42 Å². The fourth-order valence-corrected chi connectivity index (χ4v) is 4.07. The van der Waals surface area contributed by atoms with Crippen LogP contribution in [0.1, 0.15) is 18.2 Å². The van der Waals surface area contributed by atoms with Crippen LogP contribution >= 0.6 is 0 Å². The average Bonchev–Trinajstić information content (AvgIpc) is 3.07. The van der Waals surface area contributed by atoms with Crippen LogP contribution in [0.2, 0.25) is 0 Å². The number of hydrogen-bond donors (Lipinski definition) is 1. The standard InChI is InChI=1S/C23H22N2O6S/c1-14-15(2)30-22-18(14)9-5-11-20(22)29-16(3)23(26)25-13-32(27,28)31-19-10-4-7-17-8-6-12-24-21(17)19/h4-12,16H,13H2,1-3H3,(H,25,26). The van der Waals surface area contributed by atoms with Gasteiger partial charge in [-0.15, -0.1) is 0 Å². The molecule has 0 aliphatic rings. The van der Waals surface area contributed by atoms with Crippen LogP contribution in [0.25, 0.3) is 21.9 Å². The number of para-hydroxylation sites is 2. The Bertz CT molecular complexity index is 1410. The van der Waals surface area contributed by atoms with Gasteiger partial charge < -0.3 is 18.7 Å². The Hall–Kier alpha value is -3.59. The minimum atomic E-state index is -4.11. The van der Waals surface area contributed by atoms with E-state index in [1.54, 1.807) is 42.6 Å². The average molecular weight is 455 g/mol. The number of nitrogens with zero attached hydrogens (tertiary/aromatic N) is 1. The highest BCUT2D eigenvalue weighted by atomic mass is 32.2. The molecule has 4 aromatic rings. The van der Waals surface area contributed by atoms with E-state index in [0.29, 0.717) is 16.8 Å². The Morgan fingerprint density at radius 2 is 1.81 bits per heavy atom. The summed E-state index contributed by atoms with van der Waals surface area (Å²) in [4.78, 5) is 16.6. The molecule has 2 aromatic carbocycles. The summed E-state index contributed by atoms with van der Waals surface area (Å²) < 4.78 is 41.5. The summed E-state index contributed by atoms with van der Waals surface area (Å²) in [5.74, 6) is -0.0601. The molecule has 2 aromatic heterocycles. The zero-order chi connectivity index (χ0) is 22.9. The first-order valence-corrected chi connectivity index (χ1v) is 11.5. The van der Waals surface area contributed by atoms with Crippen molar-refractivity contribution in [2.75, 3.05) is 5.88 Å². The minimum Gasteiger partial charge on any atom is -0.477 e. The first-order chi connectivity index (χ1) is 15.2. The van der Waals surface area contributed by atoms with Crippen LogP contribution in [0.15, 0.2) is 59.1 Å². The lowest BCUT2D eigenvalue weighted by molar-refractivity contribution is -0.126. The second-order valence-corrected chi connectivity index (χ2v) is 8.90. The highest BCUT2D eigenvalue weighted by Gasteiger charge is 2.22. The van der Waals surface area contributed by atoms with Gasteiger partial charge in [-0.3, -0.25) is 9.78 Å². The molecule has 2 heterocycles. The summed E-state index contributed by atoms with van der Waals surface area (Å²) in [6.07, 6.45) is 0.589. The van der Waals surface area contributed by atoms with Gasteiger partial charge in [-0.1, -0.05) is 30.3 Å².